The molecule has 0 aliphatic heterocycles. The van der Waals surface area contributed by atoms with Crippen molar-refractivity contribution >= 4 is 21.9 Å². The highest BCUT2D eigenvalue weighted by atomic mass is 79.9. The quantitative estimate of drug-likeness (QED) is 0.473. The molecule has 1 aromatic rings. The summed E-state index contributed by atoms with van der Waals surface area (Å²) in [5, 5.41) is 0.769. The third-order valence-corrected chi connectivity index (χ3v) is 1.74. The lowest BCUT2D eigenvalue weighted by Crippen LogP contribution is -2.02. The Bertz CT molecular complexity index is 312. The fourth-order valence-electron chi connectivity index (χ4n) is 0.950. The van der Waals surface area contributed by atoms with Crippen LogP contribution in [0.4, 0.5) is 0 Å². The van der Waals surface area contributed by atoms with E-state index >= 15 is 0 Å². The molecule has 1 aromatic carbocycles. The standard InChI is InChI=1S/C10H11BrO3/c1-8(12)14-10-4-2-3-9(7-10)13-6-5-11/h2-4,7H,5-6H2,1H3. The van der Waals surface area contributed by atoms with Crippen molar-refractivity contribution < 1.29 is 14.3 Å². The van der Waals surface area contributed by atoms with Gasteiger partial charge in [-0.15, -0.1) is 0 Å². The molecule has 0 aliphatic carbocycles. The molecule has 14 heavy (non-hydrogen) atoms. The third kappa shape index (κ3) is 3.79. The zero-order valence-corrected chi connectivity index (χ0v) is 9.41. The Morgan fingerprint density at radius 3 is 2.79 bits per heavy atom. The van der Waals surface area contributed by atoms with Gasteiger partial charge in [-0.2, -0.15) is 0 Å². The topological polar surface area (TPSA) is 35.5 Å². The van der Waals surface area contributed by atoms with Crippen LogP contribution < -0.4 is 9.47 Å². The Labute approximate surface area is 91.1 Å². The van der Waals surface area contributed by atoms with Crippen LogP contribution >= 0.6 is 15.9 Å². The first-order chi connectivity index (χ1) is 6.72. The minimum Gasteiger partial charge on any atom is -0.493 e. The van der Waals surface area contributed by atoms with Crippen LogP contribution in [-0.4, -0.2) is 17.9 Å². The van der Waals surface area contributed by atoms with Crippen molar-refractivity contribution in [2.45, 2.75) is 6.92 Å². The Hall–Kier alpha value is -1.03. The Morgan fingerprint density at radius 2 is 2.14 bits per heavy atom. The second kappa shape index (κ2) is 5.65. The van der Waals surface area contributed by atoms with E-state index in [0.717, 1.165) is 5.33 Å². The molecule has 0 amide bonds. The number of benzene rings is 1. The Balaban J connectivity index is 2.63. The van der Waals surface area contributed by atoms with Gasteiger partial charge in [0.25, 0.3) is 0 Å². The second-order valence-electron chi connectivity index (χ2n) is 2.61. The highest BCUT2D eigenvalue weighted by molar-refractivity contribution is 9.09. The van der Waals surface area contributed by atoms with Crippen LogP contribution in [0.3, 0.4) is 0 Å². The van der Waals surface area contributed by atoms with Crippen LogP contribution in [0, 0.1) is 0 Å². The van der Waals surface area contributed by atoms with Gasteiger partial charge in [-0.1, -0.05) is 22.0 Å². The molecule has 0 radical (unpaired) electrons. The summed E-state index contributed by atoms with van der Waals surface area (Å²) in [6.07, 6.45) is 0. The number of rotatable bonds is 4. The predicted molar refractivity (Wildman–Crippen MR) is 57.0 cm³/mol. The molecule has 1 rings (SSSR count). The molecule has 0 fully saturated rings. The molecule has 0 bridgehead atoms. The number of esters is 1. The summed E-state index contributed by atoms with van der Waals surface area (Å²) >= 11 is 3.26. The average molecular weight is 259 g/mol. The number of alkyl halides is 1. The minimum atomic E-state index is -0.331. The molecule has 0 saturated heterocycles. The van der Waals surface area contributed by atoms with E-state index in [-0.39, 0.29) is 5.97 Å². The van der Waals surface area contributed by atoms with E-state index < -0.39 is 0 Å². The molecule has 0 unspecified atom stereocenters. The Kier molecular flexibility index (Phi) is 4.46. The summed E-state index contributed by atoms with van der Waals surface area (Å²) in [5.41, 5.74) is 0. The van der Waals surface area contributed by atoms with E-state index in [1.165, 1.54) is 6.92 Å². The highest BCUT2D eigenvalue weighted by Crippen LogP contribution is 2.19. The van der Waals surface area contributed by atoms with Gasteiger partial charge in [-0.25, -0.2) is 0 Å². The molecule has 0 N–H and O–H groups in total. The van der Waals surface area contributed by atoms with Gasteiger partial charge in [0, 0.05) is 18.3 Å². The summed E-state index contributed by atoms with van der Waals surface area (Å²) < 4.78 is 10.2. The summed E-state index contributed by atoms with van der Waals surface area (Å²) in [4.78, 5) is 10.7. The molecule has 3 nitrogen and oxygen atoms in total. The summed E-state index contributed by atoms with van der Waals surface area (Å²) in [6.45, 7) is 1.95. The predicted octanol–water partition coefficient (Wildman–Crippen LogP) is 2.39. The average Bonchev–Trinajstić information content (AvgIpc) is 2.14. The first-order valence-electron chi connectivity index (χ1n) is 4.19. The third-order valence-electron chi connectivity index (χ3n) is 1.41. The lowest BCUT2D eigenvalue weighted by Gasteiger charge is -2.05. The lowest BCUT2D eigenvalue weighted by atomic mass is 10.3. The van der Waals surface area contributed by atoms with Crippen LogP contribution in [0.1, 0.15) is 6.92 Å². The zero-order chi connectivity index (χ0) is 10.4. The molecule has 0 spiro atoms. The first kappa shape index (κ1) is 11.0. The van der Waals surface area contributed by atoms with Crippen molar-refractivity contribution in [3.63, 3.8) is 0 Å². The SMILES string of the molecule is CC(=O)Oc1cccc(OCCBr)c1. The van der Waals surface area contributed by atoms with Gasteiger partial charge in [0.2, 0.25) is 0 Å². The van der Waals surface area contributed by atoms with E-state index in [2.05, 4.69) is 15.9 Å². The second-order valence-corrected chi connectivity index (χ2v) is 3.40. The number of hydrogen-bond donors (Lipinski definition) is 0. The van der Waals surface area contributed by atoms with Crippen molar-refractivity contribution in [2.24, 2.45) is 0 Å². The maximum atomic E-state index is 10.7. The summed E-state index contributed by atoms with van der Waals surface area (Å²) in [6, 6.07) is 6.99. The van der Waals surface area contributed by atoms with Gasteiger partial charge in [-0.3, -0.25) is 4.79 Å². The lowest BCUT2D eigenvalue weighted by molar-refractivity contribution is -0.131. The minimum absolute atomic E-state index is 0.331. The molecule has 0 aliphatic rings. The van der Waals surface area contributed by atoms with Crippen LogP contribution in [-0.2, 0) is 4.79 Å². The number of carbonyl (C=O) groups excluding carboxylic acids is 1. The monoisotopic (exact) mass is 258 g/mol. The molecule has 76 valence electrons. The molecular formula is C10H11BrO3. The number of carbonyl (C=O) groups is 1. The fraction of sp³-hybridized carbons (Fsp3) is 0.300. The van der Waals surface area contributed by atoms with E-state index in [0.29, 0.717) is 18.1 Å². The molecule has 0 aromatic heterocycles. The van der Waals surface area contributed by atoms with Crippen LogP contribution in [0.15, 0.2) is 24.3 Å². The van der Waals surface area contributed by atoms with Gasteiger partial charge in [0.1, 0.15) is 11.5 Å². The van der Waals surface area contributed by atoms with Crippen molar-refractivity contribution in [1.82, 2.24) is 0 Å². The van der Waals surface area contributed by atoms with Gasteiger partial charge in [0.15, 0.2) is 0 Å². The van der Waals surface area contributed by atoms with E-state index in [1.54, 1.807) is 18.2 Å². The van der Waals surface area contributed by atoms with Gasteiger partial charge in [0.05, 0.1) is 6.61 Å². The Morgan fingerprint density at radius 1 is 1.43 bits per heavy atom. The molecular weight excluding hydrogens is 248 g/mol. The van der Waals surface area contributed by atoms with E-state index in [4.69, 9.17) is 9.47 Å². The van der Waals surface area contributed by atoms with Gasteiger partial charge >= 0.3 is 5.97 Å². The van der Waals surface area contributed by atoms with Crippen LogP contribution in [0.25, 0.3) is 0 Å². The normalized spacial score (nSPS) is 9.57. The van der Waals surface area contributed by atoms with Crippen molar-refractivity contribution in [3.8, 4) is 11.5 Å². The number of ether oxygens (including phenoxy) is 2. The van der Waals surface area contributed by atoms with Crippen LogP contribution in [0.5, 0.6) is 11.5 Å². The molecule has 0 heterocycles. The van der Waals surface area contributed by atoms with Gasteiger partial charge in [-0.05, 0) is 12.1 Å². The summed E-state index contributed by atoms with van der Waals surface area (Å²) in [5.74, 6) is 0.871. The summed E-state index contributed by atoms with van der Waals surface area (Å²) in [7, 11) is 0. The van der Waals surface area contributed by atoms with Crippen molar-refractivity contribution in [2.75, 3.05) is 11.9 Å². The molecule has 4 heteroatoms. The maximum absolute atomic E-state index is 10.7. The number of halogens is 1. The maximum Gasteiger partial charge on any atom is 0.308 e. The van der Waals surface area contributed by atoms with Crippen molar-refractivity contribution in [3.05, 3.63) is 24.3 Å². The first-order valence-corrected chi connectivity index (χ1v) is 5.32. The van der Waals surface area contributed by atoms with E-state index in [9.17, 15) is 4.79 Å². The van der Waals surface area contributed by atoms with Gasteiger partial charge < -0.3 is 9.47 Å². The van der Waals surface area contributed by atoms with E-state index in [1.807, 2.05) is 6.07 Å². The fourth-order valence-corrected chi connectivity index (χ4v) is 1.11. The smallest absolute Gasteiger partial charge is 0.308 e. The largest absolute Gasteiger partial charge is 0.493 e. The highest BCUT2D eigenvalue weighted by Gasteiger charge is 1.99. The molecule has 0 saturated carbocycles. The number of hydrogen-bond acceptors (Lipinski definition) is 3. The zero-order valence-electron chi connectivity index (χ0n) is 7.83. The molecule has 0 atom stereocenters. The van der Waals surface area contributed by atoms with Crippen molar-refractivity contribution in [1.29, 1.82) is 0 Å². The van der Waals surface area contributed by atoms with Crippen LogP contribution in [0.2, 0.25) is 0 Å².